The van der Waals surface area contributed by atoms with Gasteiger partial charge in [-0.15, -0.1) is 11.8 Å². The van der Waals surface area contributed by atoms with Crippen molar-refractivity contribution < 1.29 is 9.59 Å². The van der Waals surface area contributed by atoms with Gasteiger partial charge in [-0.2, -0.15) is 0 Å². The number of anilines is 1. The summed E-state index contributed by atoms with van der Waals surface area (Å²) < 4.78 is 0. The van der Waals surface area contributed by atoms with Crippen molar-refractivity contribution in [1.82, 2.24) is 4.90 Å². The third-order valence-electron chi connectivity index (χ3n) is 4.87. The summed E-state index contributed by atoms with van der Waals surface area (Å²) in [6.45, 7) is 1.16. The molecule has 2 aliphatic heterocycles. The Hall–Kier alpha value is -1.98. The van der Waals surface area contributed by atoms with Crippen LogP contribution in [0.4, 0.5) is 5.69 Å². The van der Waals surface area contributed by atoms with Gasteiger partial charge in [0.25, 0.3) is 0 Å². The number of carbonyl (C=O) groups excluding carboxylic acids is 2. The van der Waals surface area contributed by atoms with Gasteiger partial charge in [-0.3, -0.25) is 9.59 Å². The lowest BCUT2D eigenvalue weighted by atomic mass is 10.1. The van der Waals surface area contributed by atoms with E-state index >= 15 is 0 Å². The van der Waals surface area contributed by atoms with Crippen molar-refractivity contribution >= 4 is 40.9 Å². The van der Waals surface area contributed by atoms with Gasteiger partial charge < -0.3 is 9.80 Å². The Balaban J connectivity index is 1.50. The van der Waals surface area contributed by atoms with Crippen LogP contribution in [0.15, 0.2) is 54.6 Å². The van der Waals surface area contributed by atoms with Crippen molar-refractivity contribution in [2.75, 3.05) is 23.7 Å². The molecule has 2 amide bonds. The van der Waals surface area contributed by atoms with Crippen LogP contribution in [-0.4, -0.2) is 35.6 Å². The summed E-state index contributed by atoms with van der Waals surface area (Å²) in [5.41, 5.74) is 1.94. The third kappa shape index (κ3) is 3.33. The van der Waals surface area contributed by atoms with Crippen molar-refractivity contribution in [1.29, 1.82) is 0 Å². The Morgan fingerprint density at radius 1 is 1.08 bits per heavy atom. The van der Waals surface area contributed by atoms with E-state index in [9.17, 15) is 9.59 Å². The highest BCUT2D eigenvalue weighted by Crippen LogP contribution is 2.39. The van der Waals surface area contributed by atoms with Crippen LogP contribution in [0, 0.1) is 5.92 Å². The van der Waals surface area contributed by atoms with Crippen molar-refractivity contribution in [3.8, 4) is 0 Å². The van der Waals surface area contributed by atoms with Gasteiger partial charge in [-0.25, -0.2) is 0 Å². The minimum atomic E-state index is -0.289. The summed E-state index contributed by atoms with van der Waals surface area (Å²) in [5.74, 6) is 0.706. The van der Waals surface area contributed by atoms with E-state index in [4.69, 9.17) is 11.6 Å². The molecule has 0 saturated carbocycles. The maximum Gasteiger partial charge on any atom is 0.229 e. The summed E-state index contributed by atoms with van der Waals surface area (Å²) in [4.78, 5) is 29.2. The van der Waals surface area contributed by atoms with E-state index < -0.39 is 0 Å². The maximum atomic E-state index is 13.1. The number of benzene rings is 2. The number of nitrogens with zero attached hydrogens (tertiary/aromatic N) is 2. The number of hydrogen-bond donors (Lipinski definition) is 0. The molecule has 0 radical (unpaired) electrons. The van der Waals surface area contributed by atoms with Crippen LogP contribution in [-0.2, 0) is 9.59 Å². The molecule has 26 heavy (non-hydrogen) atoms. The van der Waals surface area contributed by atoms with E-state index in [1.165, 1.54) is 0 Å². The molecule has 4 rings (SSSR count). The number of halogens is 1. The number of rotatable bonds is 3. The first-order valence-corrected chi connectivity index (χ1v) is 10.1. The lowest BCUT2D eigenvalue weighted by Gasteiger charge is -2.26. The molecule has 2 aromatic carbocycles. The molecular weight excluding hydrogens is 368 g/mol. The van der Waals surface area contributed by atoms with Crippen molar-refractivity contribution in [2.45, 2.75) is 11.8 Å². The summed E-state index contributed by atoms with van der Waals surface area (Å²) in [6, 6.07) is 17.3. The number of amides is 2. The monoisotopic (exact) mass is 386 g/mol. The summed E-state index contributed by atoms with van der Waals surface area (Å²) in [5, 5.41) is 0.677. The van der Waals surface area contributed by atoms with Crippen molar-refractivity contribution in [3.63, 3.8) is 0 Å². The van der Waals surface area contributed by atoms with Crippen LogP contribution >= 0.6 is 23.4 Å². The zero-order valence-electron chi connectivity index (χ0n) is 14.2. The lowest BCUT2D eigenvalue weighted by Crippen LogP contribution is -2.37. The van der Waals surface area contributed by atoms with E-state index in [2.05, 4.69) is 12.1 Å². The van der Waals surface area contributed by atoms with Gasteiger partial charge in [0.2, 0.25) is 11.8 Å². The average Bonchev–Trinajstić information content (AvgIpc) is 3.30. The predicted molar refractivity (Wildman–Crippen MR) is 105 cm³/mol. The smallest absolute Gasteiger partial charge is 0.229 e. The van der Waals surface area contributed by atoms with E-state index in [-0.39, 0.29) is 29.5 Å². The molecule has 2 aromatic rings. The standard InChI is InChI=1S/C20H19ClN2O2S/c21-16-6-8-17(9-7-16)23-13-15(12-18(23)24)19(25)22-10-11-26-20(22)14-4-2-1-3-5-14/h1-9,15,20H,10-13H2. The summed E-state index contributed by atoms with van der Waals surface area (Å²) in [6.07, 6.45) is 0.268. The Kier molecular flexibility index (Phi) is 4.92. The number of carbonyl (C=O) groups is 2. The zero-order valence-corrected chi connectivity index (χ0v) is 15.7. The fraction of sp³-hybridized carbons (Fsp3) is 0.300. The third-order valence-corrected chi connectivity index (χ3v) is 6.38. The molecule has 0 spiro atoms. The van der Waals surface area contributed by atoms with Crippen LogP contribution in [0.1, 0.15) is 17.4 Å². The summed E-state index contributed by atoms with van der Waals surface area (Å²) in [7, 11) is 0. The molecule has 0 aliphatic carbocycles. The normalized spacial score (nSPS) is 22.9. The fourth-order valence-corrected chi connectivity index (χ4v) is 4.96. The Morgan fingerprint density at radius 3 is 2.54 bits per heavy atom. The van der Waals surface area contributed by atoms with Gasteiger partial charge in [0.15, 0.2) is 0 Å². The van der Waals surface area contributed by atoms with E-state index in [1.54, 1.807) is 28.8 Å². The summed E-state index contributed by atoms with van der Waals surface area (Å²) >= 11 is 7.71. The van der Waals surface area contributed by atoms with Gasteiger partial charge in [-0.1, -0.05) is 41.9 Å². The fourth-order valence-electron chi connectivity index (χ4n) is 3.57. The minimum absolute atomic E-state index is 0.00576. The van der Waals surface area contributed by atoms with Crippen LogP contribution in [0.5, 0.6) is 0 Å². The van der Waals surface area contributed by atoms with Crippen LogP contribution in [0.2, 0.25) is 5.02 Å². The first kappa shape index (κ1) is 17.4. The van der Waals surface area contributed by atoms with E-state index in [0.717, 1.165) is 23.5 Å². The number of hydrogen-bond acceptors (Lipinski definition) is 3. The lowest BCUT2D eigenvalue weighted by molar-refractivity contribution is -0.136. The highest BCUT2D eigenvalue weighted by molar-refractivity contribution is 7.99. The van der Waals surface area contributed by atoms with Gasteiger partial charge in [0.1, 0.15) is 5.37 Å². The highest BCUT2D eigenvalue weighted by Gasteiger charge is 2.40. The SMILES string of the molecule is O=C1CC(C(=O)N2CCSC2c2ccccc2)CN1c1ccc(Cl)cc1. The molecule has 0 aromatic heterocycles. The molecule has 134 valence electrons. The Labute approximate surface area is 162 Å². The topological polar surface area (TPSA) is 40.6 Å². The van der Waals surface area contributed by atoms with E-state index in [0.29, 0.717) is 11.6 Å². The average molecular weight is 387 g/mol. The molecule has 2 unspecified atom stereocenters. The zero-order chi connectivity index (χ0) is 18.1. The molecule has 0 bridgehead atoms. The van der Waals surface area contributed by atoms with Crippen molar-refractivity contribution in [3.05, 3.63) is 65.2 Å². The first-order valence-electron chi connectivity index (χ1n) is 8.66. The highest BCUT2D eigenvalue weighted by atomic mass is 35.5. The van der Waals surface area contributed by atoms with E-state index in [1.807, 2.05) is 35.2 Å². The largest absolute Gasteiger partial charge is 0.325 e. The minimum Gasteiger partial charge on any atom is -0.325 e. The van der Waals surface area contributed by atoms with Crippen LogP contribution < -0.4 is 4.90 Å². The Morgan fingerprint density at radius 2 is 1.81 bits per heavy atom. The molecule has 2 aliphatic rings. The molecule has 2 heterocycles. The molecular formula is C20H19ClN2O2S. The van der Waals surface area contributed by atoms with Gasteiger partial charge in [0.05, 0.1) is 5.92 Å². The van der Waals surface area contributed by atoms with Crippen LogP contribution in [0.3, 0.4) is 0 Å². The molecule has 2 saturated heterocycles. The number of thioether (sulfide) groups is 1. The molecule has 4 nitrogen and oxygen atoms in total. The molecule has 6 heteroatoms. The van der Waals surface area contributed by atoms with Crippen molar-refractivity contribution in [2.24, 2.45) is 5.92 Å². The van der Waals surface area contributed by atoms with Gasteiger partial charge in [-0.05, 0) is 29.8 Å². The van der Waals surface area contributed by atoms with Crippen LogP contribution in [0.25, 0.3) is 0 Å². The first-order chi connectivity index (χ1) is 12.6. The molecule has 0 N–H and O–H groups in total. The Bertz CT molecular complexity index is 812. The maximum absolute atomic E-state index is 13.1. The van der Waals surface area contributed by atoms with Gasteiger partial charge >= 0.3 is 0 Å². The second kappa shape index (κ2) is 7.33. The predicted octanol–water partition coefficient (Wildman–Crippen LogP) is 3.97. The molecule has 2 fully saturated rings. The second-order valence-corrected chi connectivity index (χ2v) is 8.17. The van der Waals surface area contributed by atoms with Gasteiger partial charge in [0, 0.05) is 36.0 Å². The quantitative estimate of drug-likeness (QED) is 0.801. The second-order valence-electron chi connectivity index (χ2n) is 6.55. The molecule has 2 atom stereocenters.